The van der Waals surface area contributed by atoms with E-state index in [1.165, 1.54) is 0 Å². The van der Waals surface area contributed by atoms with E-state index in [1.807, 2.05) is 6.20 Å². The molecular formula is C12H20N6O. The Morgan fingerprint density at radius 1 is 1.37 bits per heavy atom. The fourth-order valence-corrected chi connectivity index (χ4v) is 1.83. The van der Waals surface area contributed by atoms with Gasteiger partial charge < -0.3 is 10.3 Å². The lowest BCUT2D eigenvalue weighted by atomic mass is 10.1. The van der Waals surface area contributed by atoms with Gasteiger partial charge in [-0.15, -0.1) is 5.10 Å². The summed E-state index contributed by atoms with van der Waals surface area (Å²) in [4.78, 5) is 4.29. The second kappa shape index (κ2) is 6.42. The van der Waals surface area contributed by atoms with Crippen LogP contribution in [0.25, 0.3) is 0 Å². The van der Waals surface area contributed by atoms with Gasteiger partial charge in [0.15, 0.2) is 5.82 Å². The maximum atomic E-state index is 5.99. The summed E-state index contributed by atoms with van der Waals surface area (Å²) in [6.45, 7) is 4.63. The third-order valence-corrected chi connectivity index (χ3v) is 2.81. The highest BCUT2D eigenvalue weighted by molar-refractivity contribution is 5.00. The SMILES string of the molecule is CCCc1nc(Cn2cc(C(N)CCC)nn2)no1. The van der Waals surface area contributed by atoms with Crippen molar-refractivity contribution in [1.82, 2.24) is 25.1 Å². The van der Waals surface area contributed by atoms with E-state index in [4.69, 9.17) is 10.3 Å². The molecule has 104 valence electrons. The van der Waals surface area contributed by atoms with Crippen LogP contribution in [0.15, 0.2) is 10.7 Å². The van der Waals surface area contributed by atoms with Crippen molar-refractivity contribution < 1.29 is 4.52 Å². The molecule has 2 aromatic rings. The molecule has 1 unspecified atom stereocenters. The van der Waals surface area contributed by atoms with Crippen molar-refractivity contribution in [2.75, 3.05) is 0 Å². The second-order valence-electron chi connectivity index (χ2n) is 4.59. The van der Waals surface area contributed by atoms with Gasteiger partial charge >= 0.3 is 0 Å². The molecule has 0 aromatic carbocycles. The molecule has 2 N–H and O–H groups in total. The molecule has 2 heterocycles. The van der Waals surface area contributed by atoms with Crippen molar-refractivity contribution in [2.45, 2.75) is 52.1 Å². The Labute approximate surface area is 112 Å². The van der Waals surface area contributed by atoms with E-state index in [0.29, 0.717) is 18.3 Å². The van der Waals surface area contributed by atoms with Gasteiger partial charge in [-0.1, -0.05) is 30.6 Å². The summed E-state index contributed by atoms with van der Waals surface area (Å²) < 4.78 is 6.81. The summed E-state index contributed by atoms with van der Waals surface area (Å²) in [5.41, 5.74) is 6.80. The Morgan fingerprint density at radius 2 is 2.21 bits per heavy atom. The van der Waals surface area contributed by atoms with Crippen LogP contribution in [-0.4, -0.2) is 25.1 Å². The first kappa shape index (κ1) is 13.7. The Morgan fingerprint density at radius 3 is 2.95 bits per heavy atom. The summed E-state index contributed by atoms with van der Waals surface area (Å²) in [7, 11) is 0. The van der Waals surface area contributed by atoms with Gasteiger partial charge in [0, 0.05) is 6.42 Å². The zero-order chi connectivity index (χ0) is 13.7. The molecule has 2 aromatic heterocycles. The molecule has 0 saturated carbocycles. The molecule has 0 aliphatic heterocycles. The highest BCUT2D eigenvalue weighted by atomic mass is 16.5. The molecule has 7 nitrogen and oxygen atoms in total. The molecule has 0 radical (unpaired) electrons. The van der Waals surface area contributed by atoms with Gasteiger partial charge in [-0.25, -0.2) is 4.68 Å². The van der Waals surface area contributed by atoms with Crippen molar-refractivity contribution in [3.8, 4) is 0 Å². The number of rotatable bonds is 7. The molecule has 0 saturated heterocycles. The summed E-state index contributed by atoms with van der Waals surface area (Å²) in [6, 6.07) is -0.0559. The highest BCUT2D eigenvalue weighted by Gasteiger charge is 2.11. The van der Waals surface area contributed by atoms with Crippen molar-refractivity contribution in [1.29, 1.82) is 0 Å². The first-order valence-electron chi connectivity index (χ1n) is 6.70. The molecule has 0 spiro atoms. The van der Waals surface area contributed by atoms with Crippen molar-refractivity contribution in [3.05, 3.63) is 23.6 Å². The van der Waals surface area contributed by atoms with Crippen LogP contribution < -0.4 is 5.73 Å². The number of aromatic nitrogens is 5. The van der Waals surface area contributed by atoms with E-state index < -0.39 is 0 Å². The lowest BCUT2D eigenvalue weighted by Crippen LogP contribution is -2.10. The summed E-state index contributed by atoms with van der Waals surface area (Å²) in [5.74, 6) is 1.28. The van der Waals surface area contributed by atoms with E-state index >= 15 is 0 Å². The Balaban J connectivity index is 1.98. The van der Waals surface area contributed by atoms with Crippen LogP contribution >= 0.6 is 0 Å². The quantitative estimate of drug-likeness (QED) is 0.813. The maximum absolute atomic E-state index is 5.99. The van der Waals surface area contributed by atoms with E-state index in [0.717, 1.165) is 31.4 Å². The van der Waals surface area contributed by atoms with Gasteiger partial charge in [-0.2, -0.15) is 4.98 Å². The molecule has 2 rings (SSSR count). The predicted octanol–water partition coefficient (Wildman–Crippen LogP) is 1.46. The normalized spacial score (nSPS) is 12.8. The number of aryl methyl sites for hydroxylation is 1. The third-order valence-electron chi connectivity index (χ3n) is 2.81. The fraction of sp³-hybridized carbons (Fsp3) is 0.667. The van der Waals surface area contributed by atoms with E-state index in [-0.39, 0.29) is 6.04 Å². The van der Waals surface area contributed by atoms with Gasteiger partial charge in [-0.3, -0.25) is 0 Å². The van der Waals surface area contributed by atoms with E-state index in [9.17, 15) is 0 Å². The lowest BCUT2D eigenvalue weighted by molar-refractivity contribution is 0.370. The molecule has 19 heavy (non-hydrogen) atoms. The van der Waals surface area contributed by atoms with Crippen molar-refractivity contribution in [3.63, 3.8) is 0 Å². The van der Waals surface area contributed by atoms with Gasteiger partial charge in [0.25, 0.3) is 0 Å². The zero-order valence-corrected chi connectivity index (χ0v) is 11.4. The van der Waals surface area contributed by atoms with Crippen LogP contribution in [0.4, 0.5) is 0 Å². The largest absolute Gasteiger partial charge is 0.339 e. The standard InChI is InChI=1S/C12H20N6O/c1-3-5-9(13)10-7-18(17-15-10)8-11-14-12(6-4-2)19-16-11/h7,9H,3-6,8,13H2,1-2H3. The first-order chi connectivity index (χ1) is 9.22. The number of hydrogen-bond donors (Lipinski definition) is 1. The Kier molecular flexibility index (Phi) is 4.62. The molecule has 0 bridgehead atoms. The molecule has 7 heteroatoms. The second-order valence-corrected chi connectivity index (χ2v) is 4.59. The smallest absolute Gasteiger partial charge is 0.226 e. The molecule has 0 aliphatic rings. The lowest BCUT2D eigenvalue weighted by Gasteiger charge is -2.04. The number of nitrogens with two attached hydrogens (primary N) is 1. The monoisotopic (exact) mass is 264 g/mol. The minimum absolute atomic E-state index is 0.0559. The summed E-state index contributed by atoms with van der Waals surface area (Å²) in [5, 5.41) is 12.0. The van der Waals surface area contributed by atoms with Gasteiger partial charge in [-0.05, 0) is 12.8 Å². The number of nitrogens with zero attached hydrogens (tertiary/aromatic N) is 5. The average molecular weight is 264 g/mol. The van der Waals surface area contributed by atoms with E-state index in [2.05, 4.69) is 34.3 Å². The topological polar surface area (TPSA) is 95.7 Å². The highest BCUT2D eigenvalue weighted by Crippen LogP contribution is 2.12. The van der Waals surface area contributed by atoms with Crippen LogP contribution in [0.3, 0.4) is 0 Å². The maximum Gasteiger partial charge on any atom is 0.226 e. The summed E-state index contributed by atoms with van der Waals surface area (Å²) >= 11 is 0. The molecule has 0 fully saturated rings. The molecule has 0 amide bonds. The fourth-order valence-electron chi connectivity index (χ4n) is 1.83. The molecule has 0 aliphatic carbocycles. The van der Waals surface area contributed by atoms with Gasteiger partial charge in [0.1, 0.15) is 6.54 Å². The van der Waals surface area contributed by atoms with Crippen molar-refractivity contribution in [2.24, 2.45) is 5.73 Å². The third kappa shape index (κ3) is 3.60. The minimum Gasteiger partial charge on any atom is -0.339 e. The zero-order valence-electron chi connectivity index (χ0n) is 11.4. The van der Waals surface area contributed by atoms with Gasteiger partial charge in [0.2, 0.25) is 5.89 Å². The Bertz CT molecular complexity index is 506. The predicted molar refractivity (Wildman–Crippen MR) is 69.3 cm³/mol. The summed E-state index contributed by atoms with van der Waals surface area (Å²) in [6.07, 6.45) is 5.56. The Hall–Kier alpha value is -1.76. The van der Waals surface area contributed by atoms with Gasteiger partial charge in [0.05, 0.1) is 17.9 Å². The average Bonchev–Trinajstić information content (AvgIpc) is 3.00. The number of hydrogen-bond acceptors (Lipinski definition) is 6. The van der Waals surface area contributed by atoms with Crippen LogP contribution in [0.1, 0.15) is 56.6 Å². The van der Waals surface area contributed by atoms with Crippen LogP contribution in [0, 0.1) is 0 Å². The van der Waals surface area contributed by atoms with E-state index in [1.54, 1.807) is 4.68 Å². The molecule has 1 atom stereocenters. The molecular weight excluding hydrogens is 244 g/mol. The van der Waals surface area contributed by atoms with Crippen LogP contribution in [0.5, 0.6) is 0 Å². The van der Waals surface area contributed by atoms with Crippen LogP contribution in [0.2, 0.25) is 0 Å². The van der Waals surface area contributed by atoms with Crippen LogP contribution in [-0.2, 0) is 13.0 Å². The first-order valence-corrected chi connectivity index (χ1v) is 6.70. The van der Waals surface area contributed by atoms with Crippen molar-refractivity contribution >= 4 is 0 Å². The minimum atomic E-state index is -0.0559.